The van der Waals surface area contributed by atoms with Crippen molar-refractivity contribution >= 4 is 16.9 Å². The number of carbonyl (C=O) groups is 1. The van der Waals surface area contributed by atoms with Crippen molar-refractivity contribution in [1.82, 2.24) is 0 Å². The predicted molar refractivity (Wildman–Crippen MR) is 85.0 cm³/mol. The second-order valence-corrected chi connectivity index (χ2v) is 4.81. The molecule has 0 aliphatic rings. The predicted octanol–water partition coefficient (Wildman–Crippen LogP) is 3.16. The Hall–Kier alpha value is -2.76. The van der Waals surface area contributed by atoms with Crippen LogP contribution < -0.4 is 15.1 Å². The van der Waals surface area contributed by atoms with Gasteiger partial charge in [0.15, 0.2) is 17.1 Å². The number of hydrogen-bond donors (Lipinski definition) is 1. The third-order valence-corrected chi connectivity index (χ3v) is 3.02. The van der Waals surface area contributed by atoms with Gasteiger partial charge in [-0.25, -0.2) is 4.79 Å². The van der Waals surface area contributed by atoms with E-state index in [1.54, 1.807) is 18.2 Å². The summed E-state index contributed by atoms with van der Waals surface area (Å²) >= 11 is 0. The van der Waals surface area contributed by atoms with Crippen molar-refractivity contribution < 1.29 is 23.8 Å². The van der Waals surface area contributed by atoms with E-state index in [4.69, 9.17) is 13.9 Å². The van der Waals surface area contributed by atoms with E-state index in [1.165, 1.54) is 0 Å². The summed E-state index contributed by atoms with van der Waals surface area (Å²) in [5.74, 6) is -1.34. The summed E-state index contributed by atoms with van der Waals surface area (Å²) < 4.78 is 15.4. The number of para-hydroxylation sites is 1. The molecule has 0 spiro atoms. The zero-order valence-corrected chi connectivity index (χ0v) is 13.0. The molecule has 122 valence electrons. The quantitative estimate of drug-likeness (QED) is 0.381. The zero-order chi connectivity index (χ0) is 16.8. The number of fused-ring (bicyclic) bond motifs is 1. The van der Waals surface area contributed by atoms with Crippen LogP contribution in [-0.4, -0.2) is 17.7 Å². The number of esters is 1. The van der Waals surface area contributed by atoms with Gasteiger partial charge in [0, 0.05) is 6.92 Å². The highest BCUT2D eigenvalue weighted by molar-refractivity contribution is 5.90. The van der Waals surface area contributed by atoms with E-state index < -0.39 is 23.1 Å². The van der Waals surface area contributed by atoms with E-state index >= 15 is 0 Å². The Bertz CT molecular complexity index is 788. The third-order valence-electron chi connectivity index (χ3n) is 3.02. The largest absolute Gasteiger partial charge is 0.504 e. The van der Waals surface area contributed by atoms with E-state index in [0.717, 1.165) is 13.3 Å². The molecule has 0 radical (unpaired) electrons. The van der Waals surface area contributed by atoms with Crippen molar-refractivity contribution in [2.75, 3.05) is 6.61 Å². The van der Waals surface area contributed by atoms with Crippen LogP contribution in [0, 0.1) is 0 Å². The normalized spacial score (nSPS) is 11.0. The van der Waals surface area contributed by atoms with Crippen LogP contribution in [0.1, 0.15) is 26.7 Å². The molecule has 1 aromatic carbocycles. The fourth-order valence-corrected chi connectivity index (χ4v) is 2.03. The summed E-state index contributed by atoms with van der Waals surface area (Å²) in [6, 6.07) is 4.83. The topological polar surface area (TPSA) is 86.0 Å². The molecule has 0 saturated carbocycles. The Labute approximate surface area is 132 Å². The fourth-order valence-electron chi connectivity index (χ4n) is 2.03. The van der Waals surface area contributed by atoms with Gasteiger partial charge in [0.05, 0.1) is 12.0 Å². The Morgan fingerprint density at radius 1 is 1.35 bits per heavy atom. The van der Waals surface area contributed by atoms with Crippen LogP contribution in [0.5, 0.6) is 17.2 Å². The maximum absolute atomic E-state index is 11.9. The number of benzene rings is 1. The van der Waals surface area contributed by atoms with Gasteiger partial charge in [0.2, 0.25) is 0 Å². The number of carbonyl (C=O) groups excluding carboxylic acids is 1. The minimum atomic E-state index is -0.938. The van der Waals surface area contributed by atoms with Crippen LogP contribution in [0.15, 0.2) is 39.6 Å². The number of ether oxygens (including phenoxy) is 2. The van der Waals surface area contributed by atoms with Gasteiger partial charge in [-0.1, -0.05) is 25.1 Å². The first-order chi connectivity index (χ1) is 11.0. The molecule has 0 saturated heterocycles. The molecule has 23 heavy (non-hydrogen) atoms. The highest BCUT2D eigenvalue weighted by atomic mass is 16.6. The fraction of sp³-hybridized carbons (Fsp3) is 0.294. The van der Waals surface area contributed by atoms with Gasteiger partial charge in [-0.15, -0.1) is 0 Å². The molecule has 6 nitrogen and oxygen atoms in total. The van der Waals surface area contributed by atoms with Crippen molar-refractivity contribution in [2.45, 2.75) is 26.7 Å². The summed E-state index contributed by atoms with van der Waals surface area (Å²) in [5, 5.41) is 10.4. The Kier molecular flexibility index (Phi) is 5.41. The van der Waals surface area contributed by atoms with Gasteiger partial charge in [0.1, 0.15) is 0 Å². The highest BCUT2D eigenvalue weighted by Crippen LogP contribution is 2.35. The lowest BCUT2D eigenvalue weighted by molar-refractivity contribution is -0.132. The molecule has 0 aliphatic heterocycles. The molecule has 0 aliphatic carbocycles. The second kappa shape index (κ2) is 7.49. The Morgan fingerprint density at radius 3 is 2.83 bits per heavy atom. The minimum absolute atomic E-state index is 0.116. The SMILES string of the molecule is CC/C=C/CCOc1cccc2c(O)c(OC(C)=O)c(=O)oc12. The molecule has 2 rings (SSSR count). The average molecular weight is 318 g/mol. The minimum Gasteiger partial charge on any atom is -0.504 e. The van der Waals surface area contributed by atoms with E-state index in [9.17, 15) is 14.7 Å². The first-order valence-electron chi connectivity index (χ1n) is 7.29. The van der Waals surface area contributed by atoms with Gasteiger partial charge in [-0.3, -0.25) is 4.79 Å². The maximum atomic E-state index is 11.9. The number of allylic oxidation sites excluding steroid dienone is 1. The summed E-state index contributed by atoms with van der Waals surface area (Å²) in [6.45, 7) is 3.58. The van der Waals surface area contributed by atoms with E-state index in [0.29, 0.717) is 18.8 Å². The molecule has 0 unspecified atom stereocenters. The average Bonchev–Trinajstić information content (AvgIpc) is 2.51. The van der Waals surface area contributed by atoms with E-state index in [1.807, 2.05) is 19.1 Å². The lowest BCUT2D eigenvalue weighted by atomic mass is 10.2. The number of hydrogen-bond acceptors (Lipinski definition) is 6. The van der Waals surface area contributed by atoms with Crippen LogP contribution in [0.25, 0.3) is 11.0 Å². The summed E-state index contributed by atoms with van der Waals surface area (Å²) in [6.07, 6.45) is 5.70. The van der Waals surface area contributed by atoms with Crippen LogP contribution in [0.2, 0.25) is 0 Å². The molecule has 1 aromatic heterocycles. The van der Waals surface area contributed by atoms with Crippen LogP contribution in [-0.2, 0) is 4.79 Å². The van der Waals surface area contributed by atoms with Gasteiger partial charge in [0.25, 0.3) is 5.75 Å². The standard InChI is InChI=1S/C17H18O6/c1-3-4-5-6-10-21-13-9-7-8-12-14(19)16(22-11(2)18)17(20)23-15(12)13/h4-5,7-9,19H,3,6,10H2,1-2H3/b5-4+. The lowest BCUT2D eigenvalue weighted by Crippen LogP contribution is -2.11. The number of aromatic hydroxyl groups is 1. The van der Waals surface area contributed by atoms with Crippen LogP contribution in [0.3, 0.4) is 0 Å². The molecule has 6 heteroatoms. The number of rotatable bonds is 6. The molecule has 0 fully saturated rings. The van der Waals surface area contributed by atoms with Crippen LogP contribution in [0.4, 0.5) is 0 Å². The summed E-state index contributed by atoms with van der Waals surface area (Å²) in [7, 11) is 0. The Morgan fingerprint density at radius 2 is 2.13 bits per heavy atom. The summed E-state index contributed by atoms with van der Waals surface area (Å²) in [4.78, 5) is 22.9. The van der Waals surface area contributed by atoms with Crippen molar-refractivity contribution in [3.05, 3.63) is 40.8 Å². The Balaban J connectivity index is 2.36. The van der Waals surface area contributed by atoms with Crippen molar-refractivity contribution in [3.63, 3.8) is 0 Å². The highest BCUT2D eigenvalue weighted by Gasteiger charge is 2.19. The van der Waals surface area contributed by atoms with Gasteiger partial charge in [-0.05, 0) is 25.0 Å². The smallest absolute Gasteiger partial charge is 0.383 e. The monoisotopic (exact) mass is 318 g/mol. The van der Waals surface area contributed by atoms with E-state index in [-0.39, 0.29) is 11.0 Å². The molecule has 0 amide bonds. The molecular formula is C17H18O6. The first kappa shape index (κ1) is 16.6. The van der Waals surface area contributed by atoms with Gasteiger partial charge >= 0.3 is 11.6 Å². The molecule has 0 atom stereocenters. The van der Waals surface area contributed by atoms with Gasteiger partial charge in [-0.2, -0.15) is 0 Å². The van der Waals surface area contributed by atoms with Crippen molar-refractivity contribution in [2.24, 2.45) is 0 Å². The molecule has 1 heterocycles. The van der Waals surface area contributed by atoms with Crippen LogP contribution >= 0.6 is 0 Å². The third kappa shape index (κ3) is 3.91. The second-order valence-electron chi connectivity index (χ2n) is 4.81. The van der Waals surface area contributed by atoms with Crippen molar-refractivity contribution in [3.8, 4) is 17.2 Å². The molecular weight excluding hydrogens is 300 g/mol. The maximum Gasteiger partial charge on any atom is 0.383 e. The molecule has 2 aromatic rings. The van der Waals surface area contributed by atoms with E-state index in [2.05, 4.69) is 0 Å². The molecule has 1 N–H and O–H groups in total. The van der Waals surface area contributed by atoms with Crippen molar-refractivity contribution in [1.29, 1.82) is 0 Å². The lowest BCUT2D eigenvalue weighted by Gasteiger charge is -2.09. The van der Waals surface area contributed by atoms with Gasteiger partial charge < -0.3 is 19.0 Å². The first-order valence-corrected chi connectivity index (χ1v) is 7.29. The molecule has 0 bridgehead atoms. The zero-order valence-electron chi connectivity index (χ0n) is 13.0. The summed E-state index contributed by atoms with van der Waals surface area (Å²) in [5.41, 5.74) is -0.822.